The lowest BCUT2D eigenvalue weighted by atomic mass is 10.1. The highest BCUT2D eigenvalue weighted by Gasteiger charge is 2.36. The number of benzene rings is 2. The molecule has 1 N–H and O–H groups in total. The number of nitrogens with zero attached hydrogens (tertiary/aromatic N) is 1. The average molecular weight is 572 g/mol. The number of halogens is 1. The average Bonchev–Trinajstić information content (AvgIpc) is 3.33. The number of urea groups is 1. The Kier molecular flexibility index (Phi) is 7.31. The topological polar surface area (TPSA) is 98.1 Å². The Bertz CT molecular complexity index is 1230. The number of carbonyl (C=O) groups is 3. The fraction of sp³-hybridized carbons (Fsp3) is 0.160. The van der Waals surface area contributed by atoms with Crippen LogP contribution >= 0.6 is 22.6 Å². The van der Waals surface area contributed by atoms with E-state index in [0.717, 1.165) is 14.0 Å². The highest BCUT2D eigenvalue weighted by molar-refractivity contribution is 14.1. The van der Waals surface area contributed by atoms with Crippen LogP contribution in [-0.4, -0.2) is 29.4 Å². The molecule has 0 spiro atoms. The van der Waals surface area contributed by atoms with Crippen molar-refractivity contribution in [2.24, 2.45) is 0 Å². The number of rotatable bonds is 8. The summed E-state index contributed by atoms with van der Waals surface area (Å²) in [6.07, 6.45) is 2.87. The van der Waals surface area contributed by atoms with E-state index in [2.05, 4.69) is 27.9 Å². The van der Waals surface area contributed by atoms with E-state index in [1.54, 1.807) is 30.3 Å². The van der Waals surface area contributed by atoms with E-state index in [1.807, 2.05) is 31.2 Å². The number of barbiturate groups is 1. The van der Waals surface area contributed by atoms with Crippen LogP contribution in [0, 0.1) is 3.57 Å². The molecule has 34 heavy (non-hydrogen) atoms. The maximum Gasteiger partial charge on any atom is 0.331 e. The molecular weight excluding hydrogens is 551 g/mol. The largest absolute Gasteiger partial charge is 0.490 e. The van der Waals surface area contributed by atoms with Crippen LogP contribution in [0.15, 0.2) is 70.9 Å². The molecule has 1 aliphatic heterocycles. The van der Waals surface area contributed by atoms with Gasteiger partial charge in [0.25, 0.3) is 11.8 Å². The first-order chi connectivity index (χ1) is 16.4. The van der Waals surface area contributed by atoms with Gasteiger partial charge >= 0.3 is 6.03 Å². The number of imide groups is 2. The molecule has 0 atom stereocenters. The van der Waals surface area contributed by atoms with Crippen LogP contribution in [0.5, 0.6) is 11.5 Å². The van der Waals surface area contributed by atoms with Crippen molar-refractivity contribution in [3.63, 3.8) is 0 Å². The third kappa shape index (κ3) is 5.48. The monoisotopic (exact) mass is 572 g/mol. The maximum atomic E-state index is 12.9. The van der Waals surface area contributed by atoms with Gasteiger partial charge in [-0.05, 0) is 83.1 Å². The van der Waals surface area contributed by atoms with Gasteiger partial charge in [-0.1, -0.05) is 18.2 Å². The standard InChI is InChI=1S/C25H21IN2O6/c1-2-32-22-13-17(7-10-21(22)34-15-16-5-8-18(26)9-6-16)12-20-23(29)27-25(31)28(24(20)30)14-19-4-3-11-33-19/h3-13H,2,14-15H2,1H3,(H,27,29,31)/b20-12+. The van der Waals surface area contributed by atoms with Crippen molar-refractivity contribution in [2.45, 2.75) is 20.1 Å². The van der Waals surface area contributed by atoms with E-state index in [9.17, 15) is 14.4 Å². The second-order valence-corrected chi connectivity index (χ2v) is 8.59. The van der Waals surface area contributed by atoms with Gasteiger partial charge in [-0.2, -0.15) is 0 Å². The molecule has 8 nitrogen and oxygen atoms in total. The lowest BCUT2D eigenvalue weighted by Crippen LogP contribution is -2.53. The molecule has 1 aliphatic rings. The molecule has 2 aromatic carbocycles. The molecule has 4 amide bonds. The van der Waals surface area contributed by atoms with Crippen LogP contribution in [0.1, 0.15) is 23.8 Å². The zero-order valence-corrected chi connectivity index (χ0v) is 20.4. The lowest BCUT2D eigenvalue weighted by Gasteiger charge is -2.25. The summed E-state index contributed by atoms with van der Waals surface area (Å²) < 4.78 is 18.0. The van der Waals surface area contributed by atoms with E-state index < -0.39 is 17.8 Å². The Morgan fingerprint density at radius 1 is 1.03 bits per heavy atom. The van der Waals surface area contributed by atoms with Crippen LogP contribution in [0.3, 0.4) is 0 Å². The number of nitrogens with one attached hydrogen (secondary N) is 1. The van der Waals surface area contributed by atoms with Crippen molar-refractivity contribution in [3.8, 4) is 11.5 Å². The highest BCUT2D eigenvalue weighted by Crippen LogP contribution is 2.30. The van der Waals surface area contributed by atoms with Crippen LogP contribution in [-0.2, 0) is 22.7 Å². The molecule has 0 aliphatic carbocycles. The van der Waals surface area contributed by atoms with E-state index in [4.69, 9.17) is 13.9 Å². The number of carbonyl (C=O) groups excluding carboxylic acids is 3. The third-order valence-corrected chi connectivity index (χ3v) is 5.69. The number of hydrogen-bond donors (Lipinski definition) is 1. The molecule has 9 heteroatoms. The minimum Gasteiger partial charge on any atom is -0.490 e. The number of furan rings is 1. The lowest BCUT2D eigenvalue weighted by molar-refractivity contribution is -0.130. The fourth-order valence-electron chi connectivity index (χ4n) is 3.31. The molecule has 2 heterocycles. The highest BCUT2D eigenvalue weighted by atomic mass is 127. The fourth-order valence-corrected chi connectivity index (χ4v) is 3.67. The Morgan fingerprint density at radius 2 is 1.82 bits per heavy atom. The molecule has 1 saturated heterocycles. The van der Waals surface area contributed by atoms with Gasteiger partial charge in [0.2, 0.25) is 0 Å². The Morgan fingerprint density at radius 3 is 2.53 bits per heavy atom. The molecule has 1 fully saturated rings. The Labute approximate surface area is 209 Å². The zero-order valence-electron chi connectivity index (χ0n) is 18.2. The van der Waals surface area contributed by atoms with E-state index >= 15 is 0 Å². The predicted molar refractivity (Wildman–Crippen MR) is 132 cm³/mol. The summed E-state index contributed by atoms with van der Waals surface area (Å²) in [6.45, 7) is 2.54. The van der Waals surface area contributed by atoms with Gasteiger partial charge in [0.15, 0.2) is 11.5 Å². The number of hydrogen-bond acceptors (Lipinski definition) is 6. The van der Waals surface area contributed by atoms with Crippen molar-refractivity contribution < 1.29 is 28.3 Å². The summed E-state index contributed by atoms with van der Waals surface area (Å²) in [5.41, 5.74) is 1.40. The smallest absolute Gasteiger partial charge is 0.331 e. The Hall–Kier alpha value is -3.60. The summed E-state index contributed by atoms with van der Waals surface area (Å²) in [5, 5.41) is 2.20. The van der Waals surface area contributed by atoms with E-state index in [0.29, 0.717) is 36.0 Å². The van der Waals surface area contributed by atoms with Crippen molar-refractivity contribution in [1.29, 1.82) is 0 Å². The first-order valence-corrected chi connectivity index (χ1v) is 11.6. The predicted octanol–water partition coefficient (Wildman–Crippen LogP) is 4.52. The van der Waals surface area contributed by atoms with Crippen molar-refractivity contribution in [2.75, 3.05) is 6.61 Å². The van der Waals surface area contributed by atoms with Crippen molar-refractivity contribution in [1.82, 2.24) is 10.2 Å². The van der Waals surface area contributed by atoms with Gasteiger partial charge in [0.1, 0.15) is 17.9 Å². The maximum absolute atomic E-state index is 12.9. The molecule has 1 aromatic heterocycles. The van der Waals surface area contributed by atoms with Gasteiger partial charge in [0.05, 0.1) is 19.4 Å². The first-order valence-electron chi connectivity index (χ1n) is 10.5. The summed E-state index contributed by atoms with van der Waals surface area (Å²) in [7, 11) is 0. The normalized spacial score (nSPS) is 14.9. The van der Waals surface area contributed by atoms with Crippen LogP contribution in [0.4, 0.5) is 4.79 Å². The van der Waals surface area contributed by atoms with Gasteiger partial charge in [0, 0.05) is 3.57 Å². The quantitative estimate of drug-likeness (QED) is 0.242. The van der Waals surface area contributed by atoms with Crippen LogP contribution in [0.2, 0.25) is 0 Å². The molecule has 0 bridgehead atoms. The van der Waals surface area contributed by atoms with E-state index in [-0.39, 0.29) is 12.1 Å². The summed E-state index contributed by atoms with van der Waals surface area (Å²) in [5.74, 6) is -0.0264. The minimum absolute atomic E-state index is 0.0855. The van der Waals surface area contributed by atoms with Gasteiger partial charge in [-0.15, -0.1) is 0 Å². The molecule has 3 aromatic rings. The number of amides is 4. The van der Waals surface area contributed by atoms with Gasteiger partial charge < -0.3 is 13.9 Å². The molecule has 4 rings (SSSR count). The van der Waals surface area contributed by atoms with Gasteiger partial charge in [-0.25, -0.2) is 4.79 Å². The Balaban J connectivity index is 1.56. The zero-order chi connectivity index (χ0) is 24.1. The SMILES string of the molecule is CCOc1cc(/C=C2\C(=O)NC(=O)N(Cc3ccco3)C2=O)ccc1OCc1ccc(I)cc1. The second-order valence-electron chi connectivity index (χ2n) is 7.34. The summed E-state index contributed by atoms with van der Waals surface area (Å²) >= 11 is 2.24. The van der Waals surface area contributed by atoms with Crippen molar-refractivity contribution >= 4 is 46.5 Å². The molecular formula is C25H21IN2O6. The second kappa shape index (κ2) is 10.6. The van der Waals surface area contributed by atoms with Crippen LogP contribution < -0.4 is 14.8 Å². The number of ether oxygens (including phenoxy) is 2. The summed E-state index contributed by atoms with van der Waals surface area (Å²) in [4.78, 5) is 38.4. The van der Waals surface area contributed by atoms with E-state index in [1.165, 1.54) is 12.3 Å². The molecule has 0 saturated carbocycles. The molecule has 0 unspecified atom stereocenters. The van der Waals surface area contributed by atoms with Crippen LogP contribution in [0.25, 0.3) is 6.08 Å². The van der Waals surface area contributed by atoms with Gasteiger partial charge in [-0.3, -0.25) is 19.8 Å². The molecule has 0 radical (unpaired) electrons. The molecule has 174 valence electrons. The first kappa shape index (κ1) is 23.6. The minimum atomic E-state index is -0.794. The summed E-state index contributed by atoms with van der Waals surface area (Å²) in [6, 6.07) is 15.6. The van der Waals surface area contributed by atoms with Crippen molar-refractivity contribution in [3.05, 3.63) is 86.9 Å². The third-order valence-electron chi connectivity index (χ3n) is 4.97.